The van der Waals surface area contributed by atoms with Gasteiger partial charge in [-0.05, 0) is 39.0 Å². The molecule has 1 aromatic carbocycles. The van der Waals surface area contributed by atoms with Gasteiger partial charge in [-0.25, -0.2) is 8.78 Å². The van der Waals surface area contributed by atoms with Crippen LogP contribution in [0.1, 0.15) is 29.9 Å². The van der Waals surface area contributed by atoms with Crippen LogP contribution in [-0.2, 0) is 0 Å². The zero-order valence-corrected chi connectivity index (χ0v) is 10.7. The molecule has 4 heteroatoms. The Morgan fingerprint density at radius 1 is 1.06 bits per heavy atom. The fourth-order valence-corrected chi connectivity index (χ4v) is 1.99. The third-order valence-electron chi connectivity index (χ3n) is 3.02. The Kier molecular flexibility index (Phi) is 3.36. The molecule has 0 bridgehead atoms. The summed E-state index contributed by atoms with van der Waals surface area (Å²) in [4.78, 5) is 0. The molecule has 0 amide bonds. The summed E-state index contributed by atoms with van der Waals surface area (Å²) in [5.41, 5.74) is 5.72. The Labute approximate surface area is 105 Å². The minimum absolute atomic E-state index is 0.240. The van der Waals surface area contributed by atoms with Crippen molar-refractivity contribution in [3.05, 3.63) is 58.9 Å². The van der Waals surface area contributed by atoms with Gasteiger partial charge in [0.15, 0.2) is 0 Å². The van der Waals surface area contributed by atoms with Crippen LogP contribution in [0.25, 0.3) is 0 Å². The van der Waals surface area contributed by atoms with Crippen LogP contribution >= 0.6 is 0 Å². The van der Waals surface area contributed by atoms with Gasteiger partial charge in [0.1, 0.15) is 11.6 Å². The standard InChI is InChI=1S/C14H16F2N2/c1-9-4-5-10(2)18(9)17-11(3)13-7-6-12(15)8-14(13)16/h4-8,11,17H,1-3H3. The van der Waals surface area contributed by atoms with Crippen LogP contribution in [0.4, 0.5) is 8.78 Å². The lowest BCUT2D eigenvalue weighted by molar-refractivity contribution is 0.558. The molecular formula is C14H16F2N2. The molecule has 0 saturated carbocycles. The number of rotatable bonds is 3. The minimum atomic E-state index is -0.559. The van der Waals surface area contributed by atoms with E-state index < -0.39 is 11.6 Å². The second kappa shape index (κ2) is 4.80. The van der Waals surface area contributed by atoms with Gasteiger partial charge in [0.2, 0.25) is 0 Å². The van der Waals surface area contributed by atoms with Crippen LogP contribution in [0, 0.1) is 25.5 Å². The van der Waals surface area contributed by atoms with Gasteiger partial charge in [0.25, 0.3) is 0 Å². The van der Waals surface area contributed by atoms with Crippen LogP contribution in [0.3, 0.4) is 0 Å². The van der Waals surface area contributed by atoms with E-state index in [1.807, 2.05) is 37.6 Å². The molecule has 2 nitrogen and oxygen atoms in total. The van der Waals surface area contributed by atoms with Gasteiger partial charge in [0, 0.05) is 23.0 Å². The van der Waals surface area contributed by atoms with Gasteiger partial charge in [-0.3, -0.25) is 4.68 Å². The second-order valence-electron chi connectivity index (χ2n) is 4.47. The molecule has 18 heavy (non-hydrogen) atoms. The fraction of sp³-hybridized carbons (Fsp3) is 0.286. The predicted octanol–water partition coefficient (Wildman–Crippen LogP) is 3.69. The second-order valence-corrected chi connectivity index (χ2v) is 4.47. The maximum absolute atomic E-state index is 13.6. The van der Waals surface area contributed by atoms with Gasteiger partial charge in [-0.1, -0.05) is 6.07 Å². The van der Waals surface area contributed by atoms with Crippen molar-refractivity contribution in [3.8, 4) is 0 Å². The molecule has 0 spiro atoms. The van der Waals surface area contributed by atoms with E-state index in [1.165, 1.54) is 12.1 Å². The smallest absolute Gasteiger partial charge is 0.131 e. The summed E-state index contributed by atoms with van der Waals surface area (Å²) in [5, 5.41) is 0. The molecule has 0 radical (unpaired) electrons. The Hall–Kier alpha value is -1.84. The molecule has 96 valence electrons. The molecule has 1 atom stereocenters. The third kappa shape index (κ3) is 2.37. The molecule has 2 aromatic rings. The molecule has 1 unspecified atom stereocenters. The van der Waals surface area contributed by atoms with Crippen molar-refractivity contribution >= 4 is 0 Å². The number of aryl methyl sites for hydroxylation is 2. The van der Waals surface area contributed by atoms with E-state index in [1.54, 1.807) is 0 Å². The van der Waals surface area contributed by atoms with Crippen molar-refractivity contribution in [1.29, 1.82) is 0 Å². The monoisotopic (exact) mass is 250 g/mol. The SMILES string of the molecule is Cc1ccc(C)n1NC(C)c1ccc(F)cc1F. The Morgan fingerprint density at radius 2 is 1.67 bits per heavy atom. The quantitative estimate of drug-likeness (QED) is 0.879. The van der Waals surface area contributed by atoms with Crippen LogP contribution in [0.15, 0.2) is 30.3 Å². The summed E-state index contributed by atoms with van der Waals surface area (Å²) in [7, 11) is 0. The maximum atomic E-state index is 13.6. The number of halogens is 2. The third-order valence-corrected chi connectivity index (χ3v) is 3.02. The number of aromatic nitrogens is 1. The molecule has 0 saturated heterocycles. The Balaban J connectivity index is 2.24. The lowest BCUT2D eigenvalue weighted by atomic mass is 10.1. The first-order valence-electron chi connectivity index (χ1n) is 5.85. The van der Waals surface area contributed by atoms with E-state index in [0.717, 1.165) is 17.5 Å². The summed E-state index contributed by atoms with van der Waals surface area (Å²) >= 11 is 0. The highest BCUT2D eigenvalue weighted by Gasteiger charge is 2.12. The molecule has 1 N–H and O–H groups in total. The van der Waals surface area contributed by atoms with Crippen LogP contribution in [0.2, 0.25) is 0 Å². The summed E-state index contributed by atoms with van der Waals surface area (Å²) in [6.45, 7) is 5.77. The van der Waals surface area contributed by atoms with Crippen molar-refractivity contribution in [1.82, 2.24) is 4.68 Å². The molecule has 0 aliphatic carbocycles. The molecule has 0 aliphatic rings. The molecule has 0 fully saturated rings. The van der Waals surface area contributed by atoms with E-state index in [9.17, 15) is 8.78 Å². The summed E-state index contributed by atoms with van der Waals surface area (Å²) in [5.74, 6) is -1.09. The van der Waals surface area contributed by atoms with Gasteiger partial charge < -0.3 is 5.43 Å². The first kappa shape index (κ1) is 12.6. The fourth-order valence-electron chi connectivity index (χ4n) is 1.99. The van der Waals surface area contributed by atoms with E-state index >= 15 is 0 Å². The highest BCUT2D eigenvalue weighted by atomic mass is 19.1. The number of nitrogens with zero attached hydrogens (tertiary/aromatic N) is 1. The van der Waals surface area contributed by atoms with Crippen molar-refractivity contribution in [2.75, 3.05) is 5.43 Å². The highest BCUT2D eigenvalue weighted by molar-refractivity contribution is 5.25. The van der Waals surface area contributed by atoms with Crippen molar-refractivity contribution in [2.45, 2.75) is 26.8 Å². The first-order valence-corrected chi connectivity index (χ1v) is 5.85. The average Bonchev–Trinajstić information content (AvgIpc) is 2.60. The number of hydrogen-bond donors (Lipinski definition) is 1. The van der Waals surface area contributed by atoms with Gasteiger partial charge in [-0.15, -0.1) is 0 Å². The molecule has 0 aliphatic heterocycles. The molecule has 1 heterocycles. The predicted molar refractivity (Wildman–Crippen MR) is 68.0 cm³/mol. The average molecular weight is 250 g/mol. The zero-order chi connectivity index (χ0) is 13.3. The van der Waals surface area contributed by atoms with Crippen molar-refractivity contribution < 1.29 is 8.78 Å². The lowest BCUT2D eigenvalue weighted by Gasteiger charge is -2.20. The maximum Gasteiger partial charge on any atom is 0.131 e. The van der Waals surface area contributed by atoms with Crippen molar-refractivity contribution in [2.24, 2.45) is 0 Å². The Morgan fingerprint density at radius 3 is 2.22 bits per heavy atom. The van der Waals surface area contributed by atoms with Crippen LogP contribution in [0.5, 0.6) is 0 Å². The molecule has 1 aromatic heterocycles. The molecule has 2 rings (SSSR count). The first-order chi connectivity index (χ1) is 8.49. The van der Waals surface area contributed by atoms with E-state index in [2.05, 4.69) is 5.43 Å². The molecular weight excluding hydrogens is 234 g/mol. The van der Waals surface area contributed by atoms with Crippen LogP contribution in [-0.4, -0.2) is 4.68 Å². The van der Waals surface area contributed by atoms with Crippen LogP contribution < -0.4 is 5.43 Å². The largest absolute Gasteiger partial charge is 0.319 e. The van der Waals surface area contributed by atoms with E-state index in [4.69, 9.17) is 0 Å². The van der Waals surface area contributed by atoms with Gasteiger partial charge in [0.05, 0.1) is 6.04 Å². The zero-order valence-electron chi connectivity index (χ0n) is 10.7. The number of nitrogens with one attached hydrogen (secondary N) is 1. The normalized spacial score (nSPS) is 12.5. The lowest BCUT2D eigenvalue weighted by Crippen LogP contribution is -2.21. The Bertz CT molecular complexity index is 541. The van der Waals surface area contributed by atoms with E-state index in [-0.39, 0.29) is 6.04 Å². The minimum Gasteiger partial charge on any atom is -0.319 e. The van der Waals surface area contributed by atoms with E-state index in [0.29, 0.717) is 5.56 Å². The summed E-state index contributed by atoms with van der Waals surface area (Å²) in [6, 6.07) is 7.37. The number of hydrogen-bond acceptors (Lipinski definition) is 1. The highest BCUT2D eigenvalue weighted by Crippen LogP contribution is 2.19. The van der Waals surface area contributed by atoms with Crippen molar-refractivity contribution in [3.63, 3.8) is 0 Å². The van der Waals surface area contributed by atoms with Gasteiger partial charge in [-0.2, -0.15) is 0 Å². The van der Waals surface area contributed by atoms with Gasteiger partial charge >= 0.3 is 0 Å². The topological polar surface area (TPSA) is 17.0 Å². The summed E-state index contributed by atoms with van der Waals surface area (Å²) < 4.78 is 28.4. The number of benzene rings is 1. The summed E-state index contributed by atoms with van der Waals surface area (Å²) in [6.07, 6.45) is 0.